The molecule has 0 spiro atoms. The third-order valence-electron chi connectivity index (χ3n) is 2.50. The van der Waals surface area contributed by atoms with Crippen LogP contribution in [0.1, 0.15) is 10.5 Å². The standard InChI is InChI=1S/C13H14N4O3S/c1-20-9-4-2-8(3-5-9)16-13-17-10(7-21-13)12(19)15-6-11(14)18/h2-5,7H,6H2,1H3,(H2,14,18)(H,15,19)(H,16,17). The summed E-state index contributed by atoms with van der Waals surface area (Å²) >= 11 is 1.29. The highest BCUT2D eigenvalue weighted by Crippen LogP contribution is 2.22. The van der Waals surface area contributed by atoms with Crippen LogP contribution in [0.25, 0.3) is 0 Å². The Hall–Kier alpha value is -2.61. The molecule has 1 heterocycles. The van der Waals surface area contributed by atoms with Crippen molar-refractivity contribution < 1.29 is 14.3 Å². The highest BCUT2D eigenvalue weighted by molar-refractivity contribution is 7.14. The number of nitrogens with zero attached hydrogens (tertiary/aromatic N) is 1. The topological polar surface area (TPSA) is 106 Å². The molecule has 2 aromatic rings. The number of aromatic nitrogens is 1. The number of rotatable bonds is 6. The molecule has 7 nitrogen and oxygen atoms in total. The largest absolute Gasteiger partial charge is 0.497 e. The summed E-state index contributed by atoms with van der Waals surface area (Å²) in [4.78, 5) is 26.4. The van der Waals surface area contributed by atoms with Gasteiger partial charge in [0, 0.05) is 11.1 Å². The third kappa shape index (κ3) is 4.18. The quantitative estimate of drug-likeness (QED) is 0.741. The Labute approximate surface area is 125 Å². The molecule has 21 heavy (non-hydrogen) atoms. The molecular weight excluding hydrogens is 292 g/mol. The van der Waals surface area contributed by atoms with E-state index in [2.05, 4.69) is 15.6 Å². The Kier molecular flexibility index (Phi) is 4.72. The molecule has 0 aliphatic rings. The van der Waals surface area contributed by atoms with E-state index < -0.39 is 11.8 Å². The van der Waals surface area contributed by atoms with Crippen molar-refractivity contribution in [2.45, 2.75) is 0 Å². The smallest absolute Gasteiger partial charge is 0.271 e. The highest BCUT2D eigenvalue weighted by Gasteiger charge is 2.11. The van der Waals surface area contributed by atoms with Crippen LogP contribution in [0.3, 0.4) is 0 Å². The summed E-state index contributed by atoms with van der Waals surface area (Å²) in [6, 6.07) is 7.31. The van der Waals surface area contributed by atoms with E-state index >= 15 is 0 Å². The van der Waals surface area contributed by atoms with Gasteiger partial charge in [0.25, 0.3) is 5.91 Å². The van der Waals surface area contributed by atoms with Gasteiger partial charge in [0.15, 0.2) is 5.13 Å². The summed E-state index contributed by atoms with van der Waals surface area (Å²) in [5.41, 5.74) is 6.02. The summed E-state index contributed by atoms with van der Waals surface area (Å²) in [7, 11) is 1.60. The van der Waals surface area contributed by atoms with Crippen molar-refractivity contribution in [3.05, 3.63) is 35.3 Å². The van der Waals surface area contributed by atoms with Gasteiger partial charge < -0.3 is 21.1 Å². The number of benzene rings is 1. The van der Waals surface area contributed by atoms with Crippen molar-refractivity contribution in [1.29, 1.82) is 0 Å². The number of carbonyl (C=O) groups is 2. The minimum atomic E-state index is -0.602. The van der Waals surface area contributed by atoms with Crippen LogP contribution in [0.4, 0.5) is 10.8 Å². The van der Waals surface area contributed by atoms with Crippen LogP contribution in [0.15, 0.2) is 29.6 Å². The van der Waals surface area contributed by atoms with Crippen molar-refractivity contribution in [3.63, 3.8) is 0 Å². The van der Waals surface area contributed by atoms with E-state index in [1.54, 1.807) is 12.5 Å². The van der Waals surface area contributed by atoms with Crippen LogP contribution in [-0.4, -0.2) is 30.5 Å². The molecule has 0 saturated carbocycles. The van der Waals surface area contributed by atoms with E-state index in [0.29, 0.717) is 5.13 Å². The Balaban J connectivity index is 1.98. The van der Waals surface area contributed by atoms with Crippen LogP contribution in [0.2, 0.25) is 0 Å². The fourth-order valence-corrected chi connectivity index (χ4v) is 2.20. The number of nitrogens with two attached hydrogens (primary N) is 1. The van der Waals surface area contributed by atoms with E-state index in [9.17, 15) is 9.59 Å². The molecule has 110 valence electrons. The second kappa shape index (κ2) is 6.71. The lowest BCUT2D eigenvalue weighted by atomic mass is 10.3. The molecule has 0 saturated heterocycles. The van der Waals surface area contributed by atoms with E-state index in [0.717, 1.165) is 11.4 Å². The molecule has 0 bridgehead atoms. The molecule has 0 aliphatic heterocycles. The van der Waals surface area contributed by atoms with E-state index in [-0.39, 0.29) is 12.2 Å². The van der Waals surface area contributed by atoms with Gasteiger partial charge in [-0.15, -0.1) is 11.3 Å². The van der Waals surface area contributed by atoms with Crippen molar-refractivity contribution in [1.82, 2.24) is 10.3 Å². The summed E-state index contributed by atoms with van der Waals surface area (Å²) in [6.45, 7) is -0.211. The molecule has 8 heteroatoms. The fraction of sp³-hybridized carbons (Fsp3) is 0.154. The van der Waals surface area contributed by atoms with Gasteiger partial charge in [-0.1, -0.05) is 0 Å². The molecule has 1 aromatic carbocycles. The number of methoxy groups -OCH3 is 1. The number of primary amides is 1. The highest BCUT2D eigenvalue weighted by atomic mass is 32.1. The second-order valence-electron chi connectivity index (χ2n) is 4.04. The normalized spacial score (nSPS) is 9.95. The molecular formula is C13H14N4O3S. The summed E-state index contributed by atoms with van der Waals surface area (Å²) in [5, 5.41) is 7.63. The first-order chi connectivity index (χ1) is 10.1. The Bertz CT molecular complexity index is 639. The number of anilines is 2. The summed E-state index contributed by atoms with van der Waals surface area (Å²) in [5.74, 6) is -0.283. The minimum Gasteiger partial charge on any atom is -0.497 e. The van der Waals surface area contributed by atoms with Crippen molar-refractivity contribution in [3.8, 4) is 5.75 Å². The van der Waals surface area contributed by atoms with Crippen LogP contribution in [-0.2, 0) is 4.79 Å². The van der Waals surface area contributed by atoms with Gasteiger partial charge in [0.2, 0.25) is 5.91 Å². The lowest BCUT2D eigenvalue weighted by Gasteiger charge is -2.04. The fourth-order valence-electron chi connectivity index (χ4n) is 1.49. The van der Waals surface area contributed by atoms with Gasteiger partial charge >= 0.3 is 0 Å². The predicted octanol–water partition coefficient (Wildman–Crippen LogP) is 1.11. The molecule has 0 fully saturated rings. The number of amides is 2. The van der Waals surface area contributed by atoms with Gasteiger partial charge in [-0.2, -0.15) is 0 Å². The Morgan fingerprint density at radius 1 is 1.33 bits per heavy atom. The average Bonchev–Trinajstić information content (AvgIpc) is 2.94. The third-order valence-corrected chi connectivity index (χ3v) is 3.26. The van der Waals surface area contributed by atoms with Gasteiger partial charge in [0.05, 0.1) is 13.7 Å². The number of hydrogen-bond donors (Lipinski definition) is 3. The lowest BCUT2D eigenvalue weighted by molar-refractivity contribution is -0.117. The molecule has 0 unspecified atom stereocenters. The zero-order valence-corrected chi connectivity index (χ0v) is 12.1. The number of hydrogen-bond acceptors (Lipinski definition) is 6. The Morgan fingerprint density at radius 3 is 2.67 bits per heavy atom. The van der Waals surface area contributed by atoms with Gasteiger partial charge in [0.1, 0.15) is 11.4 Å². The molecule has 4 N–H and O–H groups in total. The van der Waals surface area contributed by atoms with E-state index in [1.807, 2.05) is 24.3 Å². The number of carbonyl (C=O) groups excluding carboxylic acids is 2. The second-order valence-corrected chi connectivity index (χ2v) is 4.90. The maximum atomic E-state index is 11.7. The molecule has 2 rings (SSSR count). The van der Waals surface area contributed by atoms with Crippen LogP contribution < -0.4 is 21.1 Å². The first-order valence-electron chi connectivity index (χ1n) is 6.01. The zero-order chi connectivity index (χ0) is 15.2. The number of nitrogens with one attached hydrogen (secondary N) is 2. The van der Waals surface area contributed by atoms with Crippen LogP contribution in [0, 0.1) is 0 Å². The van der Waals surface area contributed by atoms with E-state index in [4.69, 9.17) is 10.5 Å². The molecule has 1 aromatic heterocycles. The minimum absolute atomic E-state index is 0.211. The first kappa shape index (κ1) is 14.8. The van der Waals surface area contributed by atoms with Crippen molar-refractivity contribution in [2.24, 2.45) is 5.73 Å². The van der Waals surface area contributed by atoms with Crippen LogP contribution >= 0.6 is 11.3 Å². The van der Waals surface area contributed by atoms with E-state index in [1.165, 1.54) is 11.3 Å². The maximum absolute atomic E-state index is 11.7. The summed E-state index contributed by atoms with van der Waals surface area (Å²) in [6.07, 6.45) is 0. The monoisotopic (exact) mass is 306 g/mol. The zero-order valence-electron chi connectivity index (χ0n) is 11.3. The van der Waals surface area contributed by atoms with Crippen LogP contribution in [0.5, 0.6) is 5.75 Å². The maximum Gasteiger partial charge on any atom is 0.271 e. The summed E-state index contributed by atoms with van der Waals surface area (Å²) < 4.78 is 5.07. The average molecular weight is 306 g/mol. The number of ether oxygens (including phenoxy) is 1. The molecule has 0 radical (unpaired) electrons. The number of thiazole rings is 1. The van der Waals surface area contributed by atoms with Crippen molar-refractivity contribution in [2.75, 3.05) is 19.0 Å². The molecule has 0 aliphatic carbocycles. The molecule has 2 amide bonds. The van der Waals surface area contributed by atoms with Crippen molar-refractivity contribution >= 4 is 34.0 Å². The SMILES string of the molecule is COc1ccc(Nc2nc(C(=O)NCC(N)=O)cs2)cc1. The molecule has 0 atom stereocenters. The Morgan fingerprint density at radius 2 is 2.05 bits per heavy atom. The first-order valence-corrected chi connectivity index (χ1v) is 6.89. The predicted molar refractivity (Wildman–Crippen MR) is 79.9 cm³/mol. The lowest BCUT2D eigenvalue weighted by Crippen LogP contribution is -2.33. The van der Waals surface area contributed by atoms with Gasteiger partial charge in [-0.05, 0) is 24.3 Å². The van der Waals surface area contributed by atoms with Gasteiger partial charge in [-0.3, -0.25) is 9.59 Å². The van der Waals surface area contributed by atoms with Gasteiger partial charge in [-0.25, -0.2) is 4.98 Å².